The van der Waals surface area contributed by atoms with Crippen LogP contribution in [-0.2, 0) is 4.79 Å². The van der Waals surface area contributed by atoms with Gasteiger partial charge in [0.2, 0.25) is 17.6 Å². The fourth-order valence-electron chi connectivity index (χ4n) is 2.93. The molecule has 0 bridgehead atoms. The van der Waals surface area contributed by atoms with E-state index < -0.39 is 0 Å². The lowest BCUT2D eigenvalue weighted by Crippen LogP contribution is -2.24. The SMILES string of the molecule is O=C1CC(c2nc(-c3ccc(F)c(Br)c3)no2)CN1c1ccccc1Cl. The van der Waals surface area contributed by atoms with Crippen molar-refractivity contribution in [2.24, 2.45) is 0 Å². The van der Waals surface area contributed by atoms with Crippen LogP contribution in [0.3, 0.4) is 0 Å². The second kappa shape index (κ2) is 6.81. The van der Waals surface area contributed by atoms with E-state index in [2.05, 4.69) is 26.1 Å². The second-order valence-electron chi connectivity index (χ2n) is 5.94. The molecule has 0 radical (unpaired) electrons. The Balaban J connectivity index is 1.58. The molecule has 1 amide bonds. The van der Waals surface area contributed by atoms with Gasteiger partial charge in [-0.05, 0) is 46.3 Å². The summed E-state index contributed by atoms with van der Waals surface area (Å²) in [5.74, 6) is 0.0956. The summed E-state index contributed by atoms with van der Waals surface area (Å²) in [5, 5.41) is 4.47. The Hall–Kier alpha value is -2.25. The van der Waals surface area contributed by atoms with E-state index in [9.17, 15) is 9.18 Å². The van der Waals surface area contributed by atoms with Crippen LogP contribution in [0.15, 0.2) is 51.5 Å². The molecule has 1 fully saturated rings. The van der Waals surface area contributed by atoms with Crippen molar-refractivity contribution in [3.05, 3.63) is 63.7 Å². The molecule has 26 heavy (non-hydrogen) atoms. The van der Waals surface area contributed by atoms with Gasteiger partial charge in [-0.3, -0.25) is 4.79 Å². The van der Waals surface area contributed by atoms with Crippen molar-refractivity contribution in [3.8, 4) is 11.4 Å². The number of hydrogen-bond donors (Lipinski definition) is 0. The number of hydrogen-bond acceptors (Lipinski definition) is 4. The van der Waals surface area contributed by atoms with E-state index in [1.54, 1.807) is 29.2 Å². The lowest BCUT2D eigenvalue weighted by atomic mass is 10.1. The minimum Gasteiger partial charge on any atom is -0.339 e. The molecule has 1 atom stereocenters. The van der Waals surface area contributed by atoms with Gasteiger partial charge in [0.05, 0.1) is 21.1 Å². The number of benzene rings is 2. The highest BCUT2D eigenvalue weighted by Crippen LogP contribution is 2.35. The van der Waals surface area contributed by atoms with Crippen molar-refractivity contribution in [3.63, 3.8) is 0 Å². The van der Waals surface area contributed by atoms with Crippen LogP contribution in [0.25, 0.3) is 11.4 Å². The smallest absolute Gasteiger partial charge is 0.232 e. The molecule has 5 nitrogen and oxygen atoms in total. The molecule has 0 N–H and O–H groups in total. The number of carbonyl (C=O) groups excluding carboxylic acids is 1. The Bertz CT molecular complexity index is 994. The molecule has 0 spiro atoms. The molecule has 1 aromatic heterocycles. The van der Waals surface area contributed by atoms with E-state index in [0.717, 1.165) is 0 Å². The lowest BCUT2D eigenvalue weighted by Gasteiger charge is -2.17. The summed E-state index contributed by atoms with van der Waals surface area (Å²) in [5.41, 5.74) is 1.30. The van der Waals surface area contributed by atoms with Crippen LogP contribution < -0.4 is 4.90 Å². The minimum atomic E-state index is -0.366. The normalized spacial score (nSPS) is 17.1. The van der Waals surface area contributed by atoms with Crippen LogP contribution in [0, 0.1) is 5.82 Å². The van der Waals surface area contributed by atoms with Gasteiger partial charge in [0.15, 0.2) is 0 Å². The Morgan fingerprint density at radius 3 is 2.85 bits per heavy atom. The van der Waals surface area contributed by atoms with E-state index in [1.165, 1.54) is 6.07 Å². The highest BCUT2D eigenvalue weighted by atomic mass is 79.9. The number of rotatable bonds is 3. The van der Waals surface area contributed by atoms with Crippen LogP contribution >= 0.6 is 27.5 Å². The van der Waals surface area contributed by atoms with E-state index in [-0.39, 0.29) is 24.1 Å². The molecule has 4 rings (SSSR count). The average molecular weight is 437 g/mol. The Morgan fingerprint density at radius 1 is 1.27 bits per heavy atom. The Kier molecular flexibility index (Phi) is 4.50. The van der Waals surface area contributed by atoms with Gasteiger partial charge in [0.1, 0.15) is 5.82 Å². The zero-order chi connectivity index (χ0) is 18.3. The predicted molar refractivity (Wildman–Crippen MR) is 98.6 cm³/mol. The zero-order valence-corrected chi connectivity index (χ0v) is 15.7. The Labute approximate surface area is 161 Å². The molecule has 2 aromatic carbocycles. The third-order valence-electron chi connectivity index (χ3n) is 4.24. The molecular weight excluding hydrogens is 425 g/mol. The van der Waals surface area contributed by atoms with Gasteiger partial charge in [0.25, 0.3) is 0 Å². The maximum atomic E-state index is 13.4. The first kappa shape index (κ1) is 17.2. The van der Waals surface area contributed by atoms with Crippen molar-refractivity contribution < 1.29 is 13.7 Å². The predicted octanol–water partition coefficient (Wildman–Crippen LogP) is 4.81. The molecule has 132 valence electrons. The number of amides is 1. The third kappa shape index (κ3) is 3.12. The van der Waals surface area contributed by atoms with Crippen molar-refractivity contribution >= 4 is 39.1 Å². The molecule has 1 aliphatic rings. The van der Waals surface area contributed by atoms with Crippen LogP contribution in [0.1, 0.15) is 18.2 Å². The summed E-state index contributed by atoms with van der Waals surface area (Å²) in [4.78, 5) is 18.4. The number of carbonyl (C=O) groups is 1. The van der Waals surface area contributed by atoms with Gasteiger partial charge in [-0.2, -0.15) is 4.98 Å². The summed E-state index contributed by atoms with van der Waals surface area (Å²) in [6.07, 6.45) is 0.264. The number of anilines is 1. The largest absolute Gasteiger partial charge is 0.339 e. The second-order valence-corrected chi connectivity index (χ2v) is 7.20. The monoisotopic (exact) mass is 435 g/mol. The van der Waals surface area contributed by atoms with E-state index in [1.807, 2.05) is 12.1 Å². The minimum absolute atomic E-state index is 0.0487. The summed E-state index contributed by atoms with van der Waals surface area (Å²) >= 11 is 9.33. The van der Waals surface area contributed by atoms with Gasteiger partial charge in [0, 0.05) is 18.5 Å². The third-order valence-corrected chi connectivity index (χ3v) is 5.16. The van der Waals surface area contributed by atoms with Crippen LogP contribution in [0.2, 0.25) is 5.02 Å². The highest BCUT2D eigenvalue weighted by Gasteiger charge is 2.35. The van der Waals surface area contributed by atoms with Crippen LogP contribution in [0.5, 0.6) is 0 Å². The first-order valence-corrected chi connectivity index (χ1v) is 9.04. The summed E-state index contributed by atoms with van der Waals surface area (Å²) in [6, 6.07) is 11.7. The van der Waals surface area contributed by atoms with Gasteiger partial charge < -0.3 is 9.42 Å². The topological polar surface area (TPSA) is 59.2 Å². The molecule has 1 unspecified atom stereocenters. The molecule has 0 saturated carbocycles. The molecule has 0 aliphatic carbocycles. The molecule has 3 aromatic rings. The average Bonchev–Trinajstić information content (AvgIpc) is 3.25. The van der Waals surface area contributed by atoms with Crippen molar-refractivity contribution in [2.75, 3.05) is 11.4 Å². The fraction of sp³-hybridized carbons (Fsp3) is 0.167. The Morgan fingerprint density at radius 2 is 2.08 bits per heavy atom. The fourth-order valence-corrected chi connectivity index (χ4v) is 3.55. The van der Waals surface area contributed by atoms with Crippen molar-refractivity contribution in [1.29, 1.82) is 0 Å². The maximum Gasteiger partial charge on any atom is 0.232 e. The molecular formula is C18H12BrClFN3O2. The molecule has 1 saturated heterocycles. The first-order valence-electron chi connectivity index (χ1n) is 7.87. The summed E-state index contributed by atoms with van der Waals surface area (Å²) in [7, 11) is 0. The van der Waals surface area contributed by atoms with Crippen molar-refractivity contribution in [2.45, 2.75) is 12.3 Å². The van der Waals surface area contributed by atoms with Crippen molar-refractivity contribution in [1.82, 2.24) is 10.1 Å². The number of para-hydroxylation sites is 1. The quantitative estimate of drug-likeness (QED) is 0.591. The highest BCUT2D eigenvalue weighted by molar-refractivity contribution is 9.10. The van der Waals surface area contributed by atoms with Crippen LogP contribution in [-0.4, -0.2) is 22.6 Å². The number of nitrogens with zero attached hydrogens (tertiary/aromatic N) is 3. The van der Waals surface area contributed by atoms with E-state index in [4.69, 9.17) is 16.1 Å². The van der Waals surface area contributed by atoms with Gasteiger partial charge in [-0.15, -0.1) is 0 Å². The van der Waals surface area contributed by atoms with Gasteiger partial charge in [-0.25, -0.2) is 4.39 Å². The summed E-state index contributed by atoms with van der Waals surface area (Å²) < 4.78 is 19.1. The number of halogens is 3. The standard InChI is InChI=1S/C18H12BrClFN3O2/c19-12-7-10(5-6-14(12)21)17-22-18(26-23-17)11-8-16(25)24(9-11)15-4-2-1-3-13(15)20/h1-7,11H,8-9H2. The lowest BCUT2D eigenvalue weighted by molar-refractivity contribution is -0.117. The molecule has 1 aliphatic heterocycles. The van der Waals surface area contributed by atoms with Gasteiger partial charge >= 0.3 is 0 Å². The summed E-state index contributed by atoms with van der Waals surface area (Å²) in [6.45, 7) is 0.414. The maximum absolute atomic E-state index is 13.4. The molecule has 8 heteroatoms. The van der Waals surface area contributed by atoms with Crippen LogP contribution in [0.4, 0.5) is 10.1 Å². The number of aromatic nitrogens is 2. The first-order chi connectivity index (χ1) is 12.5. The van der Waals surface area contributed by atoms with E-state index in [0.29, 0.717) is 39.0 Å². The molecule has 2 heterocycles. The van der Waals surface area contributed by atoms with E-state index >= 15 is 0 Å². The zero-order valence-electron chi connectivity index (χ0n) is 13.3. The van der Waals surface area contributed by atoms with Gasteiger partial charge in [-0.1, -0.05) is 28.9 Å².